The standard InChI is InChI=1S/C16H32N2O/c1-3-9-17-16(2,13-19)8-4-5-10-18-12-14-6-7-15(18)11-14/h14-15,17,19H,3-13H2,1-2H3. The van der Waals surface area contributed by atoms with E-state index in [1.165, 1.54) is 45.2 Å². The van der Waals surface area contributed by atoms with Gasteiger partial charge in [0.1, 0.15) is 0 Å². The van der Waals surface area contributed by atoms with Crippen LogP contribution in [-0.4, -0.2) is 47.8 Å². The second kappa shape index (κ2) is 7.05. The number of fused-ring (bicyclic) bond motifs is 2. The second-order valence-electron chi connectivity index (χ2n) is 6.93. The van der Waals surface area contributed by atoms with Crippen molar-refractivity contribution in [1.29, 1.82) is 0 Å². The molecule has 0 spiro atoms. The number of hydrogen-bond donors (Lipinski definition) is 2. The molecule has 2 aliphatic rings. The minimum atomic E-state index is -0.0694. The molecule has 2 rings (SSSR count). The molecule has 3 nitrogen and oxygen atoms in total. The van der Waals surface area contributed by atoms with Gasteiger partial charge in [-0.25, -0.2) is 0 Å². The number of piperidine rings is 1. The van der Waals surface area contributed by atoms with Crippen LogP contribution in [0.15, 0.2) is 0 Å². The fraction of sp³-hybridized carbons (Fsp3) is 1.00. The molecule has 0 aromatic rings. The van der Waals surface area contributed by atoms with E-state index in [1.807, 2.05) is 0 Å². The summed E-state index contributed by atoms with van der Waals surface area (Å²) in [5.74, 6) is 1.01. The van der Waals surface area contributed by atoms with Crippen LogP contribution in [0.4, 0.5) is 0 Å². The van der Waals surface area contributed by atoms with Crippen molar-refractivity contribution in [2.24, 2.45) is 5.92 Å². The number of aliphatic hydroxyl groups excluding tert-OH is 1. The van der Waals surface area contributed by atoms with Gasteiger partial charge in [0.25, 0.3) is 0 Å². The molecule has 3 heteroatoms. The summed E-state index contributed by atoms with van der Waals surface area (Å²) >= 11 is 0. The summed E-state index contributed by atoms with van der Waals surface area (Å²) in [5.41, 5.74) is -0.0694. The van der Waals surface area contributed by atoms with E-state index < -0.39 is 0 Å². The molecule has 2 fully saturated rings. The monoisotopic (exact) mass is 268 g/mol. The van der Waals surface area contributed by atoms with Crippen LogP contribution in [0.25, 0.3) is 0 Å². The highest BCUT2D eigenvalue weighted by Crippen LogP contribution is 2.37. The number of nitrogens with zero attached hydrogens (tertiary/aromatic N) is 1. The second-order valence-corrected chi connectivity index (χ2v) is 6.93. The lowest BCUT2D eigenvalue weighted by molar-refractivity contribution is 0.158. The van der Waals surface area contributed by atoms with Crippen LogP contribution in [0.1, 0.15) is 58.8 Å². The van der Waals surface area contributed by atoms with Crippen molar-refractivity contribution in [1.82, 2.24) is 10.2 Å². The van der Waals surface area contributed by atoms with E-state index in [0.29, 0.717) is 0 Å². The van der Waals surface area contributed by atoms with Gasteiger partial charge >= 0.3 is 0 Å². The topological polar surface area (TPSA) is 35.5 Å². The molecule has 1 saturated carbocycles. The maximum absolute atomic E-state index is 9.54. The molecule has 0 radical (unpaired) electrons. The van der Waals surface area contributed by atoms with E-state index >= 15 is 0 Å². The van der Waals surface area contributed by atoms with Gasteiger partial charge in [-0.15, -0.1) is 0 Å². The van der Waals surface area contributed by atoms with Crippen molar-refractivity contribution >= 4 is 0 Å². The Kier molecular flexibility index (Phi) is 5.67. The molecular weight excluding hydrogens is 236 g/mol. The molecule has 2 bridgehead atoms. The van der Waals surface area contributed by atoms with Crippen molar-refractivity contribution in [3.8, 4) is 0 Å². The van der Waals surface area contributed by atoms with E-state index in [4.69, 9.17) is 0 Å². The highest BCUT2D eigenvalue weighted by molar-refractivity contribution is 4.92. The van der Waals surface area contributed by atoms with Crippen LogP contribution in [0.5, 0.6) is 0 Å². The zero-order valence-corrected chi connectivity index (χ0v) is 12.8. The summed E-state index contributed by atoms with van der Waals surface area (Å²) in [7, 11) is 0. The Bertz CT molecular complexity index is 271. The Hall–Kier alpha value is -0.120. The molecule has 1 heterocycles. The molecule has 19 heavy (non-hydrogen) atoms. The summed E-state index contributed by atoms with van der Waals surface area (Å²) in [6.07, 6.45) is 9.11. The quantitative estimate of drug-likeness (QED) is 0.630. The molecule has 2 N–H and O–H groups in total. The number of likely N-dealkylation sites (tertiary alicyclic amines) is 1. The Labute approximate surface area is 118 Å². The van der Waals surface area contributed by atoms with Gasteiger partial charge in [-0.1, -0.05) is 13.3 Å². The summed E-state index contributed by atoms with van der Waals surface area (Å²) < 4.78 is 0. The molecular formula is C16H32N2O. The van der Waals surface area contributed by atoms with Gasteiger partial charge in [0, 0.05) is 18.1 Å². The first-order valence-corrected chi connectivity index (χ1v) is 8.27. The van der Waals surface area contributed by atoms with Gasteiger partial charge in [-0.2, -0.15) is 0 Å². The van der Waals surface area contributed by atoms with E-state index in [1.54, 1.807) is 0 Å². The zero-order chi connectivity index (χ0) is 13.7. The van der Waals surface area contributed by atoms with Crippen molar-refractivity contribution in [3.63, 3.8) is 0 Å². The molecule has 1 aliphatic heterocycles. The first kappa shape index (κ1) is 15.3. The van der Waals surface area contributed by atoms with Crippen molar-refractivity contribution < 1.29 is 5.11 Å². The predicted octanol–water partition coefficient (Wildman–Crippen LogP) is 2.39. The third-order valence-electron chi connectivity index (χ3n) is 5.10. The minimum Gasteiger partial charge on any atom is -0.394 e. The molecule has 1 saturated heterocycles. The Morgan fingerprint density at radius 1 is 1.32 bits per heavy atom. The normalized spacial score (nSPS) is 29.8. The number of unbranched alkanes of at least 4 members (excludes halogenated alkanes) is 1. The molecule has 0 aromatic carbocycles. The summed E-state index contributed by atoms with van der Waals surface area (Å²) in [5, 5.41) is 13.0. The smallest absolute Gasteiger partial charge is 0.0610 e. The van der Waals surface area contributed by atoms with Gasteiger partial charge in [0.15, 0.2) is 0 Å². The lowest BCUT2D eigenvalue weighted by atomic mass is 9.95. The average molecular weight is 268 g/mol. The first-order valence-electron chi connectivity index (χ1n) is 8.27. The molecule has 3 atom stereocenters. The van der Waals surface area contributed by atoms with E-state index in [9.17, 15) is 5.11 Å². The third-order valence-corrected chi connectivity index (χ3v) is 5.10. The summed E-state index contributed by atoms with van der Waals surface area (Å²) in [4.78, 5) is 2.71. The summed E-state index contributed by atoms with van der Waals surface area (Å²) in [6, 6.07) is 0.910. The van der Waals surface area contributed by atoms with Crippen LogP contribution in [-0.2, 0) is 0 Å². The van der Waals surface area contributed by atoms with Gasteiger partial charge in [-0.05, 0) is 64.5 Å². The molecule has 1 aliphatic carbocycles. The van der Waals surface area contributed by atoms with Gasteiger partial charge in [-0.3, -0.25) is 0 Å². The van der Waals surface area contributed by atoms with Gasteiger partial charge in [0.2, 0.25) is 0 Å². The molecule has 112 valence electrons. The Morgan fingerprint density at radius 2 is 2.16 bits per heavy atom. The van der Waals surface area contributed by atoms with Crippen molar-refractivity contribution in [2.75, 3.05) is 26.2 Å². The summed E-state index contributed by atoms with van der Waals surface area (Å²) in [6.45, 7) is 8.22. The van der Waals surface area contributed by atoms with E-state index in [2.05, 4.69) is 24.1 Å². The van der Waals surface area contributed by atoms with Crippen LogP contribution in [0, 0.1) is 5.92 Å². The predicted molar refractivity (Wildman–Crippen MR) is 80.3 cm³/mol. The van der Waals surface area contributed by atoms with Crippen LogP contribution in [0.3, 0.4) is 0 Å². The lowest BCUT2D eigenvalue weighted by Crippen LogP contribution is -2.46. The van der Waals surface area contributed by atoms with Crippen LogP contribution < -0.4 is 5.32 Å². The molecule has 0 amide bonds. The highest BCUT2D eigenvalue weighted by atomic mass is 16.3. The van der Waals surface area contributed by atoms with Crippen LogP contribution in [0.2, 0.25) is 0 Å². The van der Waals surface area contributed by atoms with Gasteiger partial charge in [0.05, 0.1) is 6.61 Å². The number of hydrogen-bond acceptors (Lipinski definition) is 3. The first-order chi connectivity index (χ1) is 9.17. The lowest BCUT2D eigenvalue weighted by Gasteiger charge is -2.30. The Morgan fingerprint density at radius 3 is 2.74 bits per heavy atom. The van der Waals surface area contributed by atoms with Gasteiger partial charge < -0.3 is 15.3 Å². The SMILES string of the molecule is CCCNC(C)(CO)CCCCN1CC2CCC1C2. The molecule has 3 unspecified atom stereocenters. The van der Waals surface area contributed by atoms with E-state index in [0.717, 1.165) is 31.3 Å². The van der Waals surface area contributed by atoms with Crippen LogP contribution >= 0.6 is 0 Å². The number of rotatable bonds is 9. The molecule has 0 aromatic heterocycles. The average Bonchev–Trinajstić information content (AvgIpc) is 3.04. The Balaban J connectivity index is 1.60. The maximum Gasteiger partial charge on any atom is 0.0610 e. The van der Waals surface area contributed by atoms with Crippen molar-refractivity contribution in [2.45, 2.75) is 70.4 Å². The van der Waals surface area contributed by atoms with E-state index in [-0.39, 0.29) is 12.1 Å². The third kappa shape index (κ3) is 4.17. The fourth-order valence-corrected chi connectivity index (χ4v) is 3.78. The number of nitrogens with one attached hydrogen (secondary N) is 1. The van der Waals surface area contributed by atoms with Crippen molar-refractivity contribution in [3.05, 3.63) is 0 Å². The maximum atomic E-state index is 9.54. The largest absolute Gasteiger partial charge is 0.394 e. The fourth-order valence-electron chi connectivity index (χ4n) is 3.78. The highest BCUT2D eigenvalue weighted by Gasteiger charge is 2.37. The zero-order valence-electron chi connectivity index (χ0n) is 12.8. The number of aliphatic hydroxyl groups is 1. The minimum absolute atomic E-state index is 0.0694.